The zero-order chi connectivity index (χ0) is 13.3. The van der Waals surface area contributed by atoms with Crippen LogP contribution in [0.25, 0.3) is 38.4 Å². The van der Waals surface area contributed by atoms with E-state index in [0.717, 1.165) is 16.6 Å². The van der Waals surface area contributed by atoms with Crippen LogP contribution in [0.3, 0.4) is 0 Å². The average molecular weight is 257 g/mol. The van der Waals surface area contributed by atoms with E-state index in [0.29, 0.717) is 0 Å². The van der Waals surface area contributed by atoms with Gasteiger partial charge in [0.05, 0.1) is 16.6 Å². The molecule has 5 rings (SSSR count). The molecule has 0 aliphatic heterocycles. The molecule has 1 aromatic carbocycles. The molecule has 0 amide bonds. The Balaban J connectivity index is 2.27. The molecule has 20 heavy (non-hydrogen) atoms. The van der Waals surface area contributed by atoms with E-state index in [1.54, 1.807) is 0 Å². The summed E-state index contributed by atoms with van der Waals surface area (Å²) in [7, 11) is 0. The summed E-state index contributed by atoms with van der Waals surface area (Å²) in [5.74, 6) is 0. The van der Waals surface area contributed by atoms with Crippen LogP contribution >= 0.6 is 0 Å². The summed E-state index contributed by atoms with van der Waals surface area (Å²) in [5, 5.41) is 2.55. The highest BCUT2D eigenvalue weighted by Gasteiger charge is 2.17. The van der Waals surface area contributed by atoms with E-state index in [1.807, 2.05) is 18.5 Å². The minimum atomic E-state index is 0.982. The normalized spacial score (nSPS) is 12.2. The number of pyridine rings is 2. The Bertz CT molecular complexity index is 1110. The highest BCUT2D eigenvalue weighted by atomic mass is 15.0. The molecule has 0 unspecified atom stereocenters. The number of benzene rings is 1. The van der Waals surface area contributed by atoms with Gasteiger partial charge >= 0.3 is 0 Å². The predicted molar refractivity (Wildman–Crippen MR) is 81.4 cm³/mol. The third kappa shape index (κ3) is 1.03. The number of nitrogens with zero attached hydrogens (tertiary/aromatic N) is 3. The van der Waals surface area contributed by atoms with Crippen LogP contribution in [0.2, 0.25) is 0 Å². The van der Waals surface area contributed by atoms with Gasteiger partial charge in [-0.05, 0) is 37.3 Å². The summed E-state index contributed by atoms with van der Waals surface area (Å²) in [6, 6.07) is 12.8. The van der Waals surface area contributed by atoms with Crippen molar-refractivity contribution in [3.8, 4) is 0 Å². The van der Waals surface area contributed by atoms with E-state index in [2.05, 4.69) is 51.6 Å². The fourth-order valence-electron chi connectivity index (χ4n) is 3.26. The van der Waals surface area contributed by atoms with E-state index in [4.69, 9.17) is 0 Å². The molecule has 0 spiro atoms. The van der Waals surface area contributed by atoms with E-state index in [1.165, 1.54) is 27.4 Å². The van der Waals surface area contributed by atoms with Crippen LogP contribution in [-0.2, 0) is 0 Å². The quantitative estimate of drug-likeness (QED) is 0.420. The largest absolute Gasteiger partial charge is 0.305 e. The number of fused-ring (bicyclic) bond motifs is 6. The third-order valence-electron chi connectivity index (χ3n) is 4.08. The zero-order valence-electron chi connectivity index (χ0n) is 11.0. The topological polar surface area (TPSA) is 30.2 Å². The molecule has 0 atom stereocenters. The molecule has 0 radical (unpaired) electrons. The van der Waals surface area contributed by atoms with Gasteiger partial charge < -0.3 is 4.40 Å². The maximum absolute atomic E-state index is 4.55. The molecule has 0 aliphatic rings. The van der Waals surface area contributed by atoms with Gasteiger partial charge in [0, 0.05) is 23.2 Å². The Labute approximate surface area is 114 Å². The second-order valence-corrected chi connectivity index (χ2v) is 5.28. The first-order valence-electron chi connectivity index (χ1n) is 6.70. The fourth-order valence-corrected chi connectivity index (χ4v) is 3.26. The zero-order valence-corrected chi connectivity index (χ0v) is 11.0. The van der Waals surface area contributed by atoms with Gasteiger partial charge in [0.2, 0.25) is 0 Å². The first-order valence-corrected chi connectivity index (χ1v) is 6.70. The highest BCUT2D eigenvalue weighted by Crippen LogP contribution is 2.36. The Hall–Kier alpha value is -2.68. The molecule has 94 valence electrons. The summed E-state index contributed by atoms with van der Waals surface area (Å²) < 4.78 is 2.29. The van der Waals surface area contributed by atoms with Crippen molar-refractivity contribution >= 4 is 38.4 Å². The van der Waals surface area contributed by atoms with Crippen LogP contribution in [0.5, 0.6) is 0 Å². The van der Waals surface area contributed by atoms with Gasteiger partial charge in [-0.3, -0.25) is 9.97 Å². The molecule has 0 N–H and O–H groups in total. The molecule has 4 heterocycles. The molecular formula is C17H11N3. The van der Waals surface area contributed by atoms with Crippen LogP contribution in [0, 0.1) is 6.92 Å². The van der Waals surface area contributed by atoms with Gasteiger partial charge in [-0.1, -0.05) is 11.6 Å². The third-order valence-corrected chi connectivity index (χ3v) is 4.08. The van der Waals surface area contributed by atoms with Crippen LogP contribution in [0.1, 0.15) is 5.56 Å². The van der Waals surface area contributed by atoms with Gasteiger partial charge in [0.1, 0.15) is 11.0 Å². The van der Waals surface area contributed by atoms with Crippen molar-refractivity contribution in [1.82, 2.24) is 14.4 Å². The summed E-state index contributed by atoms with van der Waals surface area (Å²) in [5.41, 5.74) is 6.79. The van der Waals surface area contributed by atoms with Crippen molar-refractivity contribution in [2.24, 2.45) is 0 Å². The van der Waals surface area contributed by atoms with E-state index < -0.39 is 0 Å². The smallest absolute Gasteiger partial charge is 0.115 e. The summed E-state index contributed by atoms with van der Waals surface area (Å²) in [4.78, 5) is 9.07. The number of hydrogen-bond acceptors (Lipinski definition) is 2. The standard InChI is InChI=1S/C17H11N3/c1-10-4-5-13-12(9-10)11-6-8-19-16-15-14(3-2-7-18-15)20(13)17(11)16/h2-9H,1H3. The van der Waals surface area contributed by atoms with Crippen molar-refractivity contribution < 1.29 is 0 Å². The highest BCUT2D eigenvalue weighted by molar-refractivity contribution is 6.20. The fraction of sp³-hybridized carbons (Fsp3) is 0.0588. The maximum atomic E-state index is 4.55. The lowest BCUT2D eigenvalue weighted by molar-refractivity contribution is 1.34. The maximum Gasteiger partial charge on any atom is 0.115 e. The Morgan fingerprint density at radius 2 is 1.75 bits per heavy atom. The molecule has 0 aliphatic carbocycles. The summed E-state index contributed by atoms with van der Waals surface area (Å²) in [6.07, 6.45) is 3.71. The number of aryl methyl sites for hydroxylation is 1. The van der Waals surface area contributed by atoms with Crippen molar-refractivity contribution in [3.63, 3.8) is 0 Å². The van der Waals surface area contributed by atoms with Crippen molar-refractivity contribution in [3.05, 3.63) is 54.4 Å². The Morgan fingerprint density at radius 1 is 0.850 bits per heavy atom. The Morgan fingerprint density at radius 3 is 2.70 bits per heavy atom. The molecule has 0 bridgehead atoms. The van der Waals surface area contributed by atoms with Crippen LogP contribution in [0.15, 0.2) is 48.8 Å². The summed E-state index contributed by atoms with van der Waals surface area (Å²) >= 11 is 0. The predicted octanol–water partition coefficient (Wildman–Crippen LogP) is 3.94. The molecule has 0 saturated heterocycles. The van der Waals surface area contributed by atoms with Crippen molar-refractivity contribution in [2.75, 3.05) is 0 Å². The van der Waals surface area contributed by atoms with Crippen molar-refractivity contribution in [2.45, 2.75) is 6.92 Å². The lowest BCUT2D eigenvalue weighted by Gasteiger charge is -1.97. The van der Waals surface area contributed by atoms with E-state index in [9.17, 15) is 0 Å². The molecule has 3 heteroatoms. The molecule has 0 saturated carbocycles. The lowest BCUT2D eigenvalue weighted by atomic mass is 10.1. The van der Waals surface area contributed by atoms with E-state index in [-0.39, 0.29) is 0 Å². The first-order chi connectivity index (χ1) is 9.84. The van der Waals surface area contributed by atoms with Crippen LogP contribution in [0.4, 0.5) is 0 Å². The molecule has 4 aromatic heterocycles. The minimum Gasteiger partial charge on any atom is -0.305 e. The van der Waals surface area contributed by atoms with Gasteiger partial charge in [0.15, 0.2) is 0 Å². The van der Waals surface area contributed by atoms with E-state index >= 15 is 0 Å². The molecule has 0 fully saturated rings. The van der Waals surface area contributed by atoms with Gasteiger partial charge in [-0.25, -0.2) is 0 Å². The van der Waals surface area contributed by atoms with Gasteiger partial charge in [0.25, 0.3) is 0 Å². The SMILES string of the molecule is Cc1ccc2c(c1)c1ccnc3c4ncccc4n2c13. The minimum absolute atomic E-state index is 0.982. The second kappa shape index (κ2) is 3.25. The molecule has 3 nitrogen and oxygen atoms in total. The number of rotatable bonds is 0. The average Bonchev–Trinajstić information content (AvgIpc) is 2.98. The molecular weight excluding hydrogens is 246 g/mol. The van der Waals surface area contributed by atoms with Gasteiger partial charge in [-0.2, -0.15) is 0 Å². The summed E-state index contributed by atoms with van der Waals surface area (Å²) in [6.45, 7) is 2.13. The Kier molecular flexibility index (Phi) is 1.65. The van der Waals surface area contributed by atoms with Crippen LogP contribution in [-0.4, -0.2) is 14.4 Å². The number of aromatic nitrogens is 3. The van der Waals surface area contributed by atoms with Crippen LogP contribution < -0.4 is 0 Å². The monoisotopic (exact) mass is 257 g/mol. The van der Waals surface area contributed by atoms with Gasteiger partial charge in [-0.15, -0.1) is 0 Å². The van der Waals surface area contributed by atoms with Crippen molar-refractivity contribution in [1.29, 1.82) is 0 Å². The second-order valence-electron chi connectivity index (χ2n) is 5.28. The lowest BCUT2D eigenvalue weighted by Crippen LogP contribution is -1.81. The first kappa shape index (κ1) is 10.1. The molecule has 5 aromatic rings. The number of hydrogen-bond donors (Lipinski definition) is 0.